The number of imide groups is 1. The fraction of sp³-hybridized carbons (Fsp3) is 0.235. The Kier molecular flexibility index (Phi) is 13.4. The second-order valence-electron chi connectivity index (χ2n) is 15.6. The fourth-order valence-corrected chi connectivity index (χ4v) is 7.92. The second-order valence-corrected chi connectivity index (χ2v) is 15.6. The van der Waals surface area contributed by atoms with E-state index in [-0.39, 0.29) is 44.3 Å². The minimum Gasteiger partial charge on any atom is -0.445 e. The number of rotatable bonds is 15. The van der Waals surface area contributed by atoms with Crippen LogP contribution in [-0.4, -0.2) is 51.5 Å². The van der Waals surface area contributed by atoms with Crippen molar-refractivity contribution in [3.8, 4) is 11.1 Å². The number of carbonyl (C=O) groups is 3. The van der Waals surface area contributed by atoms with Gasteiger partial charge in [0.25, 0.3) is 5.91 Å². The minimum absolute atomic E-state index is 0.0241. The number of alkyl carbamates (subject to hydrolysis) is 1. The quantitative estimate of drug-likeness (QED) is 0.0990. The number of amides is 3. The summed E-state index contributed by atoms with van der Waals surface area (Å²) < 4.78 is 18.8. The van der Waals surface area contributed by atoms with Crippen molar-refractivity contribution in [3.63, 3.8) is 0 Å². The lowest BCUT2D eigenvalue weighted by Gasteiger charge is -2.38. The first kappa shape index (κ1) is 41.3. The molecule has 2 heterocycles. The summed E-state index contributed by atoms with van der Waals surface area (Å²) in [6, 6.07) is 53.0. The van der Waals surface area contributed by atoms with E-state index in [9.17, 15) is 19.5 Å². The summed E-state index contributed by atoms with van der Waals surface area (Å²) in [6.45, 7) is 2.35. The molecule has 61 heavy (non-hydrogen) atoms. The van der Waals surface area contributed by atoms with Gasteiger partial charge in [0.1, 0.15) is 12.6 Å². The Balaban J connectivity index is 0.952. The molecule has 0 aromatic heterocycles. The number of aliphatic hydroxyl groups is 1. The number of likely N-dealkylation sites (tertiary alicyclic amines) is 1. The summed E-state index contributed by atoms with van der Waals surface area (Å²) in [6.07, 6.45) is -1.20. The normalized spacial score (nSPS) is 19.0. The van der Waals surface area contributed by atoms with Gasteiger partial charge in [0.15, 0.2) is 6.29 Å². The van der Waals surface area contributed by atoms with Gasteiger partial charge in [-0.2, -0.15) is 0 Å². The maximum atomic E-state index is 13.3. The van der Waals surface area contributed by atoms with E-state index in [0.717, 1.165) is 52.0 Å². The van der Waals surface area contributed by atoms with Crippen molar-refractivity contribution in [2.24, 2.45) is 0 Å². The van der Waals surface area contributed by atoms with E-state index in [4.69, 9.17) is 14.2 Å². The van der Waals surface area contributed by atoms with Crippen molar-refractivity contribution in [2.75, 3.05) is 6.54 Å². The van der Waals surface area contributed by atoms with E-state index in [1.165, 1.54) is 16.0 Å². The van der Waals surface area contributed by atoms with Crippen LogP contribution in [0.3, 0.4) is 0 Å². The van der Waals surface area contributed by atoms with Gasteiger partial charge in [-0.05, 0) is 50.6 Å². The molecule has 10 heteroatoms. The fourth-order valence-electron chi connectivity index (χ4n) is 7.92. The number of nitrogens with zero attached hydrogens (tertiary/aromatic N) is 2. The van der Waals surface area contributed by atoms with Crippen molar-refractivity contribution in [1.29, 1.82) is 0 Å². The van der Waals surface area contributed by atoms with Gasteiger partial charge in [0.05, 0.1) is 31.8 Å². The van der Waals surface area contributed by atoms with Crippen LogP contribution in [0.2, 0.25) is 0 Å². The zero-order chi connectivity index (χ0) is 42.0. The van der Waals surface area contributed by atoms with Gasteiger partial charge in [-0.15, -0.1) is 0 Å². The van der Waals surface area contributed by atoms with Crippen molar-refractivity contribution in [2.45, 2.75) is 70.2 Å². The SMILES string of the molecule is O=C(NC1CC(=O)N(Cc2cccc(-c3ccc([C@H]4O[C@@H](CN(Cc5ccccc5)Cc5ccccc5)C[C@@H](c5ccc(CO)cc5)O4)cc3)c2)C1=O)OCc1ccccc1. The lowest BCUT2D eigenvalue weighted by atomic mass is 9.98. The molecule has 2 saturated heterocycles. The average Bonchev–Trinajstić information content (AvgIpc) is 3.56. The van der Waals surface area contributed by atoms with Crippen LogP contribution in [0, 0.1) is 0 Å². The summed E-state index contributed by atoms with van der Waals surface area (Å²) in [5, 5.41) is 12.3. The number of hydrogen-bond donors (Lipinski definition) is 2. The number of nitrogens with one attached hydrogen (secondary N) is 1. The summed E-state index contributed by atoms with van der Waals surface area (Å²) in [5.41, 5.74) is 8.69. The molecular formula is C51H49N3O7. The first-order valence-corrected chi connectivity index (χ1v) is 20.7. The van der Waals surface area contributed by atoms with Crippen LogP contribution in [0.5, 0.6) is 0 Å². The minimum atomic E-state index is -0.981. The standard InChI is InChI=1S/C51H49N3O7/c55-34-38-19-21-42(22-20-38)47-28-45(33-53(30-36-11-4-1-5-12-36)31-37-13-6-2-7-14-37)60-50(61-47)43-25-23-41(24-26-43)44-18-10-17-40(27-44)32-54-48(56)29-46(49(54)57)52-51(58)59-35-39-15-8-3-9-16-39/h1-27,45-47,50,55H,28-35H2,(H,52,58)/t45-,46?,47+,50+/m1/s1. The summed E-state index contributed by atoms with van der Waals surface area (Å²) >= 11 is 0. The first-order valence-electron chi connectivity index (χ1n) is 20.7. The highest BCUT2D eigenvalue weighted by Gasteiger charge is 2.40. The number of benzene rings is 6. The lowest BCUT2D eigenvalue weighted by molar-refractivity contribution is -0.253. The van der Waals surface area contributed by atoms with Gasteiger partial charge in [0.2, 0.25) is 5.91 Å². The van der Waals surface area contributed by atoms with E-state index in [2.05, 4.69) is 58.7 Å². The Morgan fingerprint density at radius 3 is 1.92 bits per heavy atom. The first-order chi connectivity index (χ1) is 29.9. The van der Waals surface area contributed by atoms with Crippen LogP contribution in [-0.2, 0) is 56.6 Å². The van der Waals surface area contributed by atoms with Gasteiger partial charge in [-0.3, -0.25) is 19.4 Å². The maximum Gasteiger partial charge on any atom is 0.408 e. The van der Waals surface area contributed by atoms with Crippen LogP contribution in [0.25, 0.3) is 11.1 Å². The molecule has 8 rings (SSSR count). The van der Waals surface area contributed by atoms with Crippen LogP contribution < -0.4 is 5.32 Å². The highest BCUT2D eigenvalue weighted by molar-refractivity contribution is 6.06. The van der Waals surface area contributed by atoms with Crippen LogP contribution >= 0.6 is 0 Å². The van der Waals surface area contributed by atoms with Crippen LogP contribution in [0.1, 0.15) is 64.2 Å². The van der Waals surface area contributed by atoms with Gasteiger partial charge < -0.3 is 24.6 Å². The van der Waals surface area contributed by atoms with E-state index in [1.54, 1.807) is 0 Å². The van der Waals surface area contributed by atoms with Gasteiger partial charge in [-0.25, -0.2) is 4.79 Å². The molecule has 3 amide bonds. The molecule has 6 aromatic rings. The molecule has 0 radical (unpaired) electrons. The zero-order valence-corrected chi connectivity index (χ0v) is 33.8. The molecule has 0 aliphatic carbocycles. The predicted molar refractivity (Wildman–Crippen MR) is 231 cm³/mol. The van der Waals surface area contributed by atoms with Crippen molar-refractivity contribution >= 4 is 17.9 Å². The third-order valence-corrected chi connectivity index (χ3v) is 11.1. The Morgan fingerprint density at radius 2 is 1.28 bits per heavy atom. The molecule has 1 unspecified atom stereocenters. The molecule has 4 atom stereocenters. The van der Waals surface area contributed by atoms with Crippen molar-refractivity contribution in [1.82, 2.24) is 15.1 Å². The van der Waals surface area contributed by atoms with Crippen LogP contribution in [0.15, 0.2) is 164 Å². The highest BCUT2D eigenvalue weighted by Crippen LogP contribution is 2.39. The van der Waals surface area contributed by atoms with Crippen molar-refractivity contribution in [3.05, 3.63) is 203 Å². The smallest absolute Gasteiger partial charge is 0.408 e. The molecule has 0 spiro atoms. The topological polar surface area (TPSA) is 118 Å². The lowest BCUT2D eigenvalue weighted by Crippen LogP contribution is -2.41. The molecule has 0 bridgehead atoms. The molecule has 10 nitrogen and oxygen atoms in total. The molecule has 2 fully saturated rings. The number of carbonyl (C=O) groups excluding carboxylic acids is 3. The average molecular weight is 816 g/mol. The van der Waals surface area contributed by atoms with Gasteiger partial charge >= 0.3 is 6.09 Å². The Bertz CT molecular complexity index is 2340. The predicted octanol–water partition coefficient (Wildman–Crippen LogP) is 8.65. The summed E-state index contributed by atoms with van der Waals surface area (Å²) in [7, 11) is 0. The molecule has 2 N–H and O–H groups in total. The van der Waals surface area contributed by atoms with Crippen molar-refractivity contribution < 1.29 is 33.7 Å². The van der Waals surface area contributed by atoms with E-state index in [1.807, 2.05) is 115 Å². The Labute approximate surface area is 356 Å². The third kappa shape index (κ3) is 10.9. The van der Waals surface area contributed by atoms with Gasteiger partial charge in [0, 0.05) is 31.6 Å². The number of ether oxygens (including phenoxy) is 3. The molecule has 310 valence electrons. The van der Waals surface area contributed by atoms with E-state index < -0.39 is 24.3 Å². The second kappa shape index (κ2) is 19.8. The molecule has 6 aromatic carbocycles. The molecular weight excluding hydrogens is 767 g/mol. The largest absolute Gasteiger partial charge is 0.445 e. The van der Waals surface area contributed by atoms with E-state index in [0.29, 0.717) is 13.0 Å². The Morgan fingerprint density at radius 1 is 0.672 bits per heavy atom. The Hall–Kier alpha value is -6.43. The number of hydrogen-bond acceptors (Lipinski definition) is 8. The highest BCUT2D eigenvalue weighted by atomic mass is 16.7. The third-order valence-electron chi connectivity index (χ3n) is 11.1. The van der Waals surface area contributed by atoms with Gasteiger partial charge in [-0.1, -0.05) is 158 Å². The summed E-state index contributed by atoms with van der Waals surface area (Å²) in [5.74, 6) is -0.821. The number of aliphatic hydroxyl groups excluding tert-OH is 1. The van der Waals surface area contributed by atoms with E-state index >= 15 is 0 Å². The molecule has 2 aliphatic rings. The zero-order valence-electron chi connectivity index (χ0n) is 33.8. The maximum absolute atomic E-state index is 13.3. The molecule has 2 aliphatic heterocycles. The monoisotopic (exact) mass is 815 g/mol. The molecule has 0 saturated carbocycles. The summed E-state index contributed by atoms with van der Waals surface area (Å²) in [4.78, 5) is 42.3. The van der Waals surface area contributed by atoms with Crippen LogP contribution in [0.4, 0.5) is 4.79 Å².